The van der Waals surface area contributed by atoms with Crippen molar-refractivity contribution < 1.29 is 14.3 Å². The summed E-state index contributed by atoms with van der Waals surface area (Å²) in [5.41, 5.74) is 1.12. The molecule has 0 bridgehead atoms. The lowest BCUT2D eigenvalue weighted by atomic mass is 10.2. The summed E-state index contributed by atoms with van der Waals surface area (Å²) >= 11 is 0. The van der Waals surface area contributed by atoms with E-state index in [2.05, 4.69) is 17.6 Å². The van der Waals surface area contributed by atoms with Gasteiger partial charge in [-0.25, -0.2) is 0 Å². The van der Waals surface area contributed by atoms with Crippen LogP contribution in [0.15, 0.2) is 18.2 Å². The van der Waals surface area contributed by atoms with Crippen LogP contribution in [0.1, 0.15) is 32.8 Å². The SMILES string of the molecule is CCCNCc1ccc(OC(C)C(=O)NCC)c(OC)c1. The summed E-state index contributed by atoms with van der Waals surface area (Å²) in [6.07, 6.45) is 0.547. The van der Waals surface area contributed by atoms with Crippen molar-refractivity contribution in [3.05, 3.63) is 23.8 Å². The van der Waals surface area contributed by atoms with E-state index < -0.39 is 6.10 Å². The molecule has 5 heteroatoms. The van der Waals surface area contributed by atoms with Crippen LogP contribution in [0.3, 0.4) is 0 Å². The summed E-state index contributed by atoms with van der Waals surface area (Å²) in [4.78, 5) is 11.7. The monoisotopic (exact) mass is 294 g/mol. The maximum atomic E-state index is 11.7. The lowest BCUT2D eigenvalue weighted by Gasteiger charge is -2.17. The number of carbonyl (C=O) groups is 1. The normalized spacial score (nSPS) is 11.8. The first-order valence-electron chi connectivity index (χ1n) is 7.44. The van der Waals surface area contributed by atoms with Gasteiger partial charge in [-0.2, -0.15) is 0 Å². The number of ether oxygens (including phenoxy) is 2. The summed E-state index contributed by atoms with van der Waals surface area (Å²) in [6, 6.07) is 5.75. The third-order valence-electron chi connectivity index (χ3n) is 3.01. The van der Waals surface area contributed by atoms with Crippen LogP contribution >= 0.6 is 0 Å². The molecule has 0 saturated carbocycles. The molecule has 0 fully saturated rings. The smallest absolute Gasteiger partial charge is 0.260 e. The van der Waals surface area contributed by atoms with E-state index in [0.29, 0.717) is 18.0 Å². The van der Waals surface area contributed by atoms with Gasteiger partial charge in [-0.15, -0.1) is 0 Å². The Kier molecular flexibility index (Phi) is 7.61. The molecule has 1 unspecified atom stereocenters. The minimum atomic E-state index is -0.553. The molecule has 1 aromatic carbocycles. The third-order valence-corrected chi connectivity index (χ3v) is 3.01. The molecule has 2 N–H and O–H groups in total. The van der Waals surface area contributed by atoms with Gasteiger partial charge in [0.05, 0.1) is 7.11 Å². The molecular formula is C16H26N2O3. The zero-order valence-electron chi connectivity index (χ0n) is 13.4. The molecule has 0 aliphatic rings. The van der Waals surface area contributed by atoms with E-state index >= 15 is 0 Å². The second kappa shape index (κ2) is 9.23. The lowest BCUT2D eigenvalue weighted by Crippen LogP contribution is -2.36. The van der Waals surface area contributed by atoms with E-state index in [1.54, 1.807) is 14.0 Å². The van der Waals surface area contributed by atoms with Crippen molar-refractivity contribution in [2.45, 2.75) is 39.8 Å². The van der Waals surface area contributed by atoms with Gasteiger partial charge in [0.25, 0.3) is 5.91 Å². The molecule has 21 heavy (non-hydrogen) atoms. The standard InChI is InChI=1S/C16H26N2O3/c1-5-9-17-11-13-7-8-14(15(10-13)20-4)21-12(3)16(19)18-6-2/h7-8,10,12,17H,5-6,9,11H2,1-4H3,(H,18,19). The van der Waals surface area contributed by atoms with Crippen molar-refractivity contribution in [1.82, 2.24) is 10.6 Å². The Bertz CT molecular complexity index is 449. The van der Waals surface area contributed by atoms with Gasteiger partial charge in [0.1, 0.15) is 0 Å². The number of rotatable bonds is 9. The molecule has 0 saturated heterocycles. The summed E-state index contributed by atoms with van der Waals surface area (Å²) in [6.45, 7) is 8.09. The van der Waals surface area contributed by atoms with Crippen molar-refractivity contribution in [1.29, 1.82) is 0 Å². The number of carbonyl (C=O) groups excluding carboxylic acids is 1. The molecule has 0 aliphatic heterocycles. The summed E-state index contributed by atoms with van der Waals surface area (Å²) < 4.78 is 11.0. The molecule has 1 amide bonds. The van der Waals surface area contributed by atoms with Crippen molar-refractivity contribution >= 4 is 5.91 Å². The molecule has 118 valence electrons. The Morgan fingerprint density at radius 1 is 1.29 bits per heavy atom. The predicted molar refractivity (Wildman–Crippen MR) is 83.8 cm³/mol. The Balaban J connectivity index is 2.72. The van der Waals surface area contributed by atoms with Crippen LogP contribution in [-0.4, -0.2) is 32.2 Å². The molecular weight excluding hydrogens is 268 g/mol. The van der Waals surface area contributed by atoms with Crippen molar-refractivity contribution in [3.8, 4) is 11.5 Å². The summed E-state index contributed by atoms with van der Waals surface area (Å²) in [5.74, 6) is 1.09. The highest BCUT2D eigenvalue weighted by Gasteiger charge is 2.16. The highest BCUT2D eigenvalue weighted by atomic mass is 16.5. The van der Waals surface area contributed by atoms with E-state index in [9.17, 15) is 4.79 Å². The summed E-state index contributed by atoms with van der Waals surface area (Å²) in [5, 5.41) is 6.07. The van der Waals surface area contributed by atoms with Crippen LogP contribution in [0, 0.1) is 0 Å². The highest BCUT2D eigenvalue weighted by Crippen LogP contribution is 2.29. The number of hydrogen-bond donors (Lipinski definition) is 2. The maximum absolute atomic E-state index is 11.7. The minimum absolute atomic E-state index is 0.131. The van der Waals surface area contributed by atoms with Gasteiger partial charge in [0.2, 0.25) is 0 Å². The Hall–Kier alpha value is -1.75. The van der Waals surface area contributed by atoms with E-state index in [0.717, 1.165) is 25.1 Å². The number of methoxy groups -OCH3 is 1. The molecule has 0 spiro atoms. The van der Waals surface area contributed by atoms with E-state index in [-0.39, 0.29) is 5.91 Å². The van der Waals surface area contributed by atoms with Gasteiger partial charge in [-0.1, -0.05) is 13.0 Å². The second-order valence-corrected chi connectivity index (χ2v) is 4.82. The van der Waals surface area contributed by atoms with Crippen molar-refractivity contribution in [2.24, 2.45) is 0 Å². The minimum Gasteiger partial charge on any atom is -0.493 e. The maximum Gasteiger partial charge on any atom is 0.260 e. The largest absolute Gasteiger partial charge is 0.493 e. The number of nitrogens with one attached hydrogen (secondary N) is 2. The molecule has 0 aliphatic carbocycles. The summed E-state index contributed by atoms with van der Waals surface area (Å²) in [7, 11) is 1.60. The topological polar surface area (TPSA) is 59.6 Å². The zero-order valence-corrected chi connectivity index (χ0v) is 13.4. The van der Waals surface area contributed by atoms with Gasteiger partial charge in [0.15, 0.2) is 17.6 Å². The molecule has 1 aromatic rings. The number of benzene rings is 1. The Morgan fingerprint density at radius 3 is 2.67 bits per heavy atom. The lowest BCUT2D eigenvalue weighted by molar-refractivity contribution is -0.127. The molecule has 0 heterocycles. The first-order chi connectivity index (χ1) is 10.1. The van der Waals surface area contributed by atoms with Gasteiger partial charge >= 0.3 is 0 Å². The predicted octanol–water partition coefficient (Wildman–Crippen LogP) is 2.10. The van der Waals surface area contributed by atoms with E-state index in [4.69, 9.17) is 9.47 Å². The molecule has 5 nitrogen and oxygen atoms in total. The van der Waals surface area contributed by atoms with E-state index in [1.165, 1.54) is 0 Å². The highest BCUT2D eigenvalue weighted by molar-refractivity contribution is 5.80. The second-order valence-electron chi connectivity index (χ2n) is 4.82. The average molecular weight is 294 g/mol. The third kappa shape index (κ3) is 5.63. The van der Waals surface area contributed by atoms with Gasteiger partial charge in [0, 0.05) is 13.1 Å². The van der Waals surface area contributed by atoms with Gasteiger partial charge < -0.3 is 20.1 Å². The van der Waals surface area contributed by atoms with Gasteiger partial charge in [-0.3, -0.25) is 4.79 Å². The van der Waals surface area contributed by atoms with Crippen LogP contribution in [0.2, 0.25) is 0 Å². The van der Waals surface area contributed by atoms with Crippen LogP contribution in [0.4, 0.5) is 0 Å². The van der Waals surface area contributed by atoms with Gasteiger partial charge in [-0.05, 0) is 44.5 Å². The molecule has 0 radical (unpaired) electrons. The first-order valence-corrected chi connectivity index (χ1v) is 7.44. The van der Waals surface area contributed by atoms with Crippen LogP contribution < -0.4 is 20.1 Å². The number of amides is 1. The van der Waals surface area contributed by atoms with E-state index in [1.807, 2.05) is 25.1 Å². The Labute approximate surface area is 127 Å². The first kappa shape index (κ1) is 17.3. The fourth-order valence-corrected chi connectivity index (χ4v) is 1.89. The fourth-order valence-electron chi connectivity index (χ4n) is 1.89. The van der Waals surface area contributed by atoms with Crippen LogP contribution in [0.25, 0.3) is 0 Å². The average Bonchev–Trinajstić information content (AvgIpc) is 2.49. The Morgan fingerprint density at radius 2 is 2.05 bits per heavy atom. The van der Waals surface area contributed by atoms with Crippen molar-refractivity contribution in [3.63, 3.8) is 0 Å². The molecule has 0 aromatic heterocycles. The van der Waals surface area contributed by atoms with Crippen LogP contribution in [0.5, 0.6) is 11.5 Å². The molecule has 1 rings (SSSR count). The van der Waals surface area contributed by atoms with Crippen molar-refractivity contribution in [2.75, 3.05) is 20.2 Å². The molecule has 1 atom stereocenters. The quantitative estimate of drug-likeness (QED) is 0.685. The van der Waals surface area contributed by atoms with Crippen LogP contribution in [-0.2, 0) is 11.3 Å². The zero-order chi connectivity index (χ0) is 15.7. The number of hydrogen-bond acceptors (Lipinski definition) is 4. The fraction of sp³-hybridized carbons (Fsp3) is 0.562. The number of likely N-dealkylation sites (N-methyl/N-ethyl adjacent to an activating group) is 1.